The molecule has 0 spiro atoms. The van der Waals surface area contributed by atoms with Crippen molar-refractivity contribution >= 4 is 33.4 Å². The number of nitrogens with zero attached hydrogens (tertiary/aromatic N) is 3. The van der Waals surface area contributed by atoms with Crippen LogP contribution >= 0.6 is 15.9 Å². The number of carbonyl (C=O) groups is 2. The van der Waals surface area contributed by atoms with Gasteiger partial charge in [-0.3, -0.25) is 14.3 Å². The topological polar surface area (TPSA) is 76.5 Å². The minimum Gasteiger partial charge on any atom is -0.493 e. The van der Waals surface area contributed by atoms with Gasteiger partial charge < -0.3 is 15.0 Å². The Morgan fingerprint density at radius 1 is 1.11 bits per heavy atom. The summed E-state index contributed by atoms with van der Waals surface area (Å²) in [5, 5.41) is 6.61. The second kappa shape index (κ2) is 11.6. The van der Waals surface area contributed by atoms with Gasteiger partial charge >= 0.3 is 0 Å². The molecule has 0 unspecified atom stereocenters. The fourth-order valence-electron chi connectivity index (χ4n) is 4.27. The summed E-state index contributed by atoms with van der Waals surface area (Å²) in [6.07, 6.45) is 0.259. The van der Waals surface area contributed by atoms with Crippen LogP contribution in [0.3, 0.4) is 0 Å². The number of alkyl halides is 2. The Balaban J connectivity index is 1.24. The maximum atomic E-state index is 13.2. The number of nitrogens with one attached hydrogen (secondary N) is 1. The Labute approximate surface area is 216 Å². The molecule has 4 rings (SSSR count). The number of rotatable bonds is 8. The molecule has 1 N–H and O–H groups in total. The van der Waals surface area contributed by atoms with Crippen LogP contribution in [0.2, 0.25) is 0 Å². The molecule has 36 heavy (non-hydrogen) atoms. The number of aryl methyl sites for hydroxylation is 1. The van der Waals surface area contributed by atoms with Crippen LogP contribution < -0.4 is 10.1 Å². The van der Waals surface area contributed by atoms with Gasteiger partial charge in [-0.05, 0) is 60.7 Å². The molecular weight excluding hydrogens is 534 g/mol. The van der Waals surface area contributed by atoms with E-state index in [1.165, 1.54) is 17.9 Å². The van der Waals surface area contributed by atoms with Crippen LogP contribution in [0.5, 0.6) is 5.75 Å². The molecule has 0 aliphatic carbocycles. The summed E-state index contributed by atoms with van der Waals surface area (Å²) in [5.41, 5.74) is 1.32. The zero-order chi connectivity index (χ0) is 25.7. The summed E-state index contributed by atoms with van der Waals surface area (Å²) in [7, 11) is 1.53. The van der Waals surface area contributed by atoms with E-state index in [1.807, 2.05) is 48.5 Å². The van der Waals surface area contributed by atoms with Crippen LogP contribution in [-0.2, 0) is 11.8 Å². The van der Waals surface area contributed by atoms with Crippen molar-refractivity contribution in [3.05, 3.63) is 76.0 Å². The molecule has 1 aromatic heterocycles. The van der Waals surface area contributed by atoms with Gasteiger partial charge in [-0.15, -0.1) is 0 Å². The maximum absolute atomic E-state index is 13.2. The monoisotopic (exact) mass is 560 g/mol. The van der Waals surface area contributed by atoms with Crippen LogP contribution in [0, 0.1) is 0 Å². The minimum atomic E-state index is -2.79. The van der Waals surface area contributed by atoms with Crippen molar-refractivity contribution in [1.82, 2.24) is 14.7 Å². The first-order valence-electron chi connectivity index (χ1n) is 11.7. The van der Waals surface area contributed by atoms with Crippen molar-refractivity contribution in [2.75, 3.05) is 25.0 Å². The van der Waals surface area contributed by atoms with E-state index >= 15 is 0 Å². The first-order chi connectivity index (χ1) is 17.3. The number of piperidine rings is 1. The molecule has 0 bridgehead atoms. The third-order valence-corrected chi connectivity index (χ3v) is 6.68. The fourth-order valence-corrected chi connectivity index (χ4v) is 4.54. The summed E-state index contributed by atoms with van der Waals surface area (Å²) < 4.78 is 34.3. The summed E-state index contributed by atoms with van der Waals surface area (Å²) >= 11 is 3.37. The summed E-state index contributed by atoms with van der Waals surface area (Å²) in [6.45, 7) is 1.25. The van der Waals surface area contributed by atoms with Crippen LogP contribution in [-0.4, -0.2) is 46.2 Å². The van der Waals surface area contributed by atoms with Gasteiger partial charge in [0.15, 0.2) is 0 Å². The number of hydrogen-bond donors (Lipinski definition) is 1. The van der Waals surface area contributed by atoms with Gasteiger partial charge in [-0.1, -0.05) is 28.1 Å². The van der Waals surface area contributed by atoms with Gasteiger partial charge in [-0.25, -0.2) is 8.78 Å². The Kier molecular flexibility index (Phi) is 8.35. The first kappa shape index (κ1) is 25.8. The average Bonchev–Trinajstić information content (AvgIpc) is 3.27. The Hall–Kier alpha value is -3.27. The van der Waals surface area contributed by atoms with E-state index in [9.17, 15) is 18.4 Å². The highest BCUT2D eigenvalue weighted by Crippen LogP contribution is 2.30. The van der Waals surface area contributed by atoms with Crippen molar-refractivity contribution in [3.8, 4) is 5.75 Å². The summed E-state index contributed by atoms with van der Waals surface area (Å²) in [5.74, 6) is 0.420. The van der Waals surface area contributed by atoms with Gasteiger partial charge in [0.2, 0.25) is 5.91 Å². The molecule has 3 aromatic rings. The molecular formula is C26H27BrF2N4O3. The lowest BCUT2D eigenvalue weighted by Gasteiger charge is -2.32. The van der Waals surface area contributed by atoms with Crippen LogP contribution in [0.15, 0.2) is 59.2 Å². The molecule has 2 amide bonds. The third kappa shape index (κ3) is 6.48. The Bertz CT molecular complexity index is 1190. The SMILES string of the molecule is Cn1cc(C(=O)N2CCC(c3ccc(NC(=O)CCOc4ccc(Br)cc4)cc3)CC2)c(C(F)F)n1. The van der Waals surface area contributed by atoms with E-state index in [0.29, 0.717) is 24.5 Å². The van der Waals surface area contributed by atoms with Gasteiger partial charge in [0.05, 0.1) is 18.6 Å². The number of aromatic nitrogens is 2. The second-order valence-electron chi connectivity index (χ2n) is 8.69. The van der Waals surface area contributed by atoms with Crippen LogP contribution in [0.1, 0.15) is 53.2 Å². The molecule has 1 fully saturated rings. The predicted molar refractivity (Wildman–Crippen MR) is 135 cm³/mol. The van der Waals surface area contributed by atoms with Crippen molar-refractivity contribution < 1.29 is 23.1 Å². The normalized spacial score (nSPS) is 14.2. The van der Waals surface area contributed by atoms with Gasteiger partial charge in [0.1, 0.15) is 11.4 Å². The van der Waals surface area contributed by atoms with Gasteiger partial charge in [-0.2, -0.15) is 5.10 Å². The zero-order valence-electron chi connectivity index (χ0n) is 19.8. The standard InChI is InChI=1S/C26H27BrF2N4O3/c1-32-16-22(24(31-32)25(28)29)26(35)33-13-10-18(11-14-33)17-2-6-20(7-3-17)30-23(34)12-15-36-21-8-4-19(27)5-9-21/h2-9,16,18,25H,10-15H2,1H3,(H,30,34). The predicted octanol–water partition coefficient (Wildman–Crippen LogP) is 5.55. The number of benzene rings is 2. The minimum absolute atomic E-state index is 0.0340. The molecule has 2 heterocycles. The number of anilines is 1. The lowest BCUT2D eigenvalue weighted by molar-refractivity contribution is -0.116. The zero-order valence-corrected chi connectivity index (χ0v) is 21.4. The number of halogens is 3. The van der Waals surface area contributed by atoms with Gasteiger partial charge in [0.25, 0.3) is 12.3 Å². The van der Waals surface area contributed by atoms with Crippen LogP contribution in [0.25, 0.3) is 0 Å². The molecule has 0 radical (unpaired) electrons. The molecule has 0 saturated carbocycles. The van der Waals surface area contributed by atoms with Crippen LogP contribution in [0.4, 0.5) is 14.5 Å². The molecule has 10 heteroatoms. The van der Waals surface area contributed by atoms with E-state index in [4.69, 9.17) is 4.74 Å². The smallest absolute Gasteiger partial charge is 0.282 e. The van der Waals surface area contributed by atoms with Crippen molar-refractivity contribution in [1.29, 1.82) is 0 Å². The van der Waals surface area contributed by atoms with E-state index < -0.39 is 18.0 Å². The highest BCUT2D eigenvalue weighted by atomic mass is 79.9. The van der Waals surface area contributed by atoms with E-state index in [-0.39, 0.29) is 30.4 Å². The largest absolute Gasteiger partial charge is 0.493 e. The number of carbonyl (C=O) groups excluding carboxylic acids is 2. The second-order valence-corrected chi connectivity index (χ2v) is 9.61. The Morgan fingerprint density at radius 2 is 1.78 bits per heavy atom. The highest BCUT2D eigenvalue weighted by molar-refractivity contribution is 9.10. The van der Waals surface area contributed by atoms with E-state index in [1.54, 1.807) is 4.90 Å². The molecule has 1 aliphatic rings. The number of amides is 2. The van der Waals surface area contributed by atoms with Crippen molar-refractivity contribution in [2.45, 2.75) is 31.6 Å². The van der Waals surface area contributed by atoms with E-state index in [2.05, 4.69) is 26.3 Å². The molecule has 2 aromatic carbocycles. The van der Waals surface area contributed by atoms with Crippen molar-refractivity contribution in [2.24, 2.45) is 7.05 Å². The summed E-state index contributed by atoms with van der Waals surface area (Å²) in [4.78, 5) is 26.6. The third-order valence-electron chi connectivity index (χ3n) is 6.15. The molecule has 1 aliphatic heterocycles. The molecule has 0 atom stereocenters. The average molecular weight is 561 g/mol. The van der Waals surface area contributed by atoms with Crippen molar-refractivity contribution in [3.63, 3.8) is 0 Å². The van der Waals surface area contributed by atoms with Gasteiger partial charge in [0, 0.05) is 36.5 Å². The first-order valence-corrected chi connectivity index (χ1v) is 12.5. The highest BCUT2D eigenvalue weighted by Gasteiger charge is 2.29. The lowest BCUT2D eigenvalue weighted by atomic mass is 9.89. The van der Waals surface area contributed by atoms with E-state index in [0.717, 1.165) is 22.9 Å². The lowest BCUT2D eigenvalue weighted by Crippen LogP contribution is -2.38. The molecule has 1 saturated heterocycles. The maximum Gasteiger partial charge on any atom is 0.282 e. The quantitative estimate of drug-likeness (QED) is 0.392. The Morgan fingerprint density at radius 3 is 2.42 bits per heavy atom. The number of hydrogen-bond acceptors (Lipinski definition) is 4. The number of likely N-dealkylation sites (tertiary alicyclic amines) is 1. The molecule has 190 valence electrons. The fraction of sp³-hybridized carbons (Fsp3) is 0.346. The number of ether oxygens (including phenoxy) is 1. The molecule has 7 nitrogen and oxygen atoms in total. The summed E-state index contributed by atoms with van der Waals surface area (Å²) in [6, 6.07) is 15.1.